The average molecular weight is 419 g/mol. The fraction of sp³-hybridized carbons (Fsp3) is 0.577. The van der Waals surface area contributed by atoms with Gasteiger partial charge in [0.05, 0.1) is 11.1 Å². The van der Waals surface area contributed by atoms with E-state index >= 15 is 0 Å². The number of ketones is 1. The van der Waals surface area contributed by atoms with Gasteiger partial charge in [-0.25, -0.2) is 4.79 Å². The first-order valence-corrected chi connectivity index (χ1v) is 11.8. The van der Waals surface area contributed by atoms with Gasteiger partial charge in [-0.2, -0.15) is 0 Å². The van der Waals surface area contributed by atoms with Gasteiger partial charge in [-0.05, 0) is 69.4 Å². The quantitative estimate of drug-likeness (QED) is 0.698. The van der Waals surface area contributed by atoms with Crippen molar-refractivity contribution in [2.45, 2.75) is 51.5 Å². The van der Waals surface area contributed by atoms with E-state index in [1.165, 1.54) is 19.3 Å². The molecular weight excluding hydrogens is 388 g/mol. The Hall–Kier alpha value is -2.27. The molecule has 4 bridgehead atoms. The molecule has 2 heterocycles. The van der Waals surface area contributed by atoms with E-state index in [0.29, 0.717) is 29.9 Å². The van der Waals surface area contributed by atoms with Crippen molar-refractivity contribution in [3.63, 3.8) is 0 Å². The van der Waals surface area contributed by atoms with E-state index in [2.05, 4.69) is 11.9 Å². The fourth-order valence-corrected chi connectivity index (χ4v) is 7.37. The van der Waals surface area contributed by atoms with Crippen LogP contribution in [0.4, 0.5) is 0 Å². The van der Waals surface area contributed by atoms with Crippen LogP contribution >= 0.6 is 0 Å². The molecule has 0 unspecified atom stereocenters. The molecule has 4 aliphatic carbocycles. The fourth-order valence-electron chi connectivity index (χ4n) is 7.37. The van der Waals surface area contributed by atoms with E-state index in [-0.39, 0.29) is 23.8 Å². The van der Waals surface area contributed by atoms with Crippen molar-refractivity contribution < 1.29 is 14.3 Å². The number of hydrogen-bond acceptors (Lipinski definition) is 5. The molecular formula is C26H30N2O3. The molecule has 4 saturated carbocycles. The number of Topliss-reactive ketones (excluding diaryl/α,β-unsaturated/α-hetero) is 1. The molecule has 1 aromatic heterocycles. The molecule has 0 spiro atoms. The number of pyridine rings is 1. The van der Waals surface area contributed by atoms with Gasteiger partial charge < -0.3 is 9.64 Å². The van der Waals surface area contributed by atoms with Gasteiger partial charge in [-0.3, -0.25) is 9.78 Å². The van der Waals surface area contributed by atoms with E-state index in [9.17, 15) is 9.59 Å². The summed E-state index contributed by atoms with van der Waals surface area (Å²) in [5, 5.41) is 0.823. The van der Waals surface area contributed by atoms with E-state index in [4.69, 9.17) is 9.72 Å². The topological polar surface area (TPSA) is 59.5 Å². The van der Waals surface area contributed by atoms with Gasteiger partial charge >= 0.3 is 5.97 Å². The van der Waals surface area contributed by atoms with Crippen molar-refractivity contribution in [2.75, 3.05) is 20.2 Å². The van der Waals surface area contributed by atoms with Crippen molar-refractivity contribution in [2.24, 2.45) is 23.2 Å². The van der Waals surface area contributed by atoms with Crippen molar-refractivity contribution in [3.05, 3.63) is 41.1 Å². The van der Waals surface area contributed by atoms with Crippen molar-refractivity contribution in [1.82, 2.24) is 9.88 Å². The number of para-hydroxylation sites is 1. The van der Waals surface area contributed by atoms with Crippen LogP contribution in [0.5, 0.6) is 0 Å². The molecule has 0 saturated heterocycles. The first kappa shape index (κ1) is 19.4. The monoisotopic (exact) mass is 418 g/mol. The average Bonchev–Trinajstić information content (AvgIpc) is 2.74. The highest BCUT2D eigenvalue weighted by Crippen LogP contribution is 2.60. The Kier molecular flexibility index (Phi) is 4.46. The summed E-state index contributed by atoms with van der Waals surface area (Å²) in [7, 11) is 2.06. The Morgan fingerprint density at radius 3 is 2.48 bits per heavy atom. The molecule has 7 rings (SSSR count). The van der Waals surface area contributed by atoms with Crippen molar-refractivity contribution >= 4 is 22.7 Å². The number of fused-ring (bicyclic) bond motifs is 2. The zero-order chi connectivity index (χ0) is 21.2. The van der Waals surface area contributed by atoms with E-state index in [1.54, 1.807) is 0 Å². The molecule has 31 heavy (non-hydrogen) atoms. The Bertz CT molecular complexity index is 1040. The zero-order valence-corrected chi connectivity index (χ0v) is 18.2. The lowest BCUT2D eigenvalue weighted by molar-refractivity contribution is -0.147. The number of benzene rings is 1. The summed E-state index contributed by atoms with van der Waals surface area (Å²) in [6.07, 6.45) is 7.75. The highest BCUT2D eigenvalue weighted by Gasteiger charge is 2.54. The van der Waals surface area contributed by atoms with Gasteiger partial charge in [0.1, 0.15) is 0 Å². The lowest BCUT2D eigenvalue weighted by Gasteiger charge is -2.55. The van der Waals surface area contributed by atoms with Crippen LogP contribution in [0.25, 0.3) is 10.9 Å². The largest absolute Gasteiger partial charge is 0.454 e. The zero-order valence-electron chi connectivity index (χ0n) is 18.2. The maximum absolute atomic E-state index is 13.3. The number of likely N-dealkylation sites (N-methyl/N-ethyl adjacent to an activating group) is 1. The minimum absolute atomic E-state index is 0.0910. The Morgan fingerprint density at radius 2 is 1.77 bits per heavy atom. The van der Waals surface area contributed by atoms with E-state index < -0.39 is 0 Å². The van der Waals surface area contributed by atoms with Crippen molar-refractivity contribution in [1.29, 1.82) is 0 Å². The maximum Gasteiger partial charge on any atom is 0.339 e. The summed E-state index contributed by atoms with van der Waals surface area (Å²) >= 11 is 0. The van der Waals surface area contributed by atoms with Gasteiger partial charge in [0.15, 0.2) is 12.4 Å². The van der Waals surface area contributed by atoms with Crippen molar-refractivity contribution in [3.8, 4) is 0 Å². The Balaban J connectivity index is 1.27. The van der Waals surface area contributed by atoms with Crippen LogP contribution in [0.15, 0.2) is 24.3 Å². The number of hydrogen-bond donors (Lipinski definition) is 0. The summed E-state index contributed by atoms with van der Waals surface area (Å²) in [6, 6.07) is 7.77. The lowest BCUT2D eigenvalue weighted by atomic mass is 9.48. The number of carbonyl (C=O) groups excluding carboxylic acids is 2. The Labute approximate surface area is 183 Å². The molecule has 0 atom stereocenters. The van der Waals surface area contributed by atoms with E-state index in [0.717, 1.165) is 54.4 Å². The molecule has 5 aliphatic rings. The molecule has 0 radical (unpaired) electrons. The molecule has 0 amide bonds. The maximum atomic E-state index is 13.3. The molecule has 0 N–H and O–H groups in total. The smallest absolute Gasteiger partial charge is 0.339 e. The third kappa shape index (κ3) is 3.20. The number of nitrogens with zero attached hydrogens (tertiary/aromatic N) is 2. The van der Waals surface area contributed by atoms with Gasteiger partial charge in [0.25, 0.3) is 0 Å². The predicted octanol–water partition coefficient (Wildman–Crippen LogP) is 4.17. The number of carbonyl (C=O) groups is 2. The highest BCUT2D eigenvalue weighted by molar-refractivity contribution is 6.05. The SMILES string of the molecule is CN1CCc2nc3ccccc3c(C(=O)OCC(=O)C34CC5CC(CC(C5)C3)C4)c2C1. The number of ether oxygens (including phenoxy) is 1. The van der Waals surface area contributed by atoms with Crippen LogP contribution in [0, 0.1) is 23.2 Å². The molecule has 5 heteroatoms. The van der Waals surface area contributed by atoms with Gasteiger partial charge in [-0.15, -0.1) is 0 Å². The molecule has 1 aliphatic heterocycles. The first-order chi connectivity index (χ1) is 15.0. The van der Waals surface area contributed by atoms with Crippen LogP contribution in [-0.2, 0) is 22.5 Å². The standard InChI is InChI=1S/C26H30N2O3/c1-28-7-6-22-20(14-28)24(19-4-2-3-5-21(19)27-22)25(30)31-15-23(29)26-11-16-8-17(12-26)10-18(9-16)13-26/h2-5,16-18H,6-15H2,1H3. The molecule has 162 valence electrons. The lowest BCUT2D eigenvalue weighted by Crippen LogP contribution is -2.51. The van der Waals surface area contributed by atoms with Crippen LogP contribution in [0.3, 0.4) is 0 Å². The van der Waals surface area contributed by atoms with Gasteiger partial charge in [0.2, 0.25) is 0 Å². The first-order valence-electron chi connectivity index (χ1n) is 11.8. The second kappa shape index (κ2) is 7.13. The third-order valence-corrected chi connectivity index (χ3v) is 8.41. The number of esters is 1. The second-order valence-corrected chi connectivity index (χ2v) is 10.6. The normalized spacial score (nSPS) is 31.6. The van der Waals surface area contributed by atoms with Crippen LogP contribution in [0.2, 0.25) is 0 Å². The molecule has 2 aromatic rings. The molecule has 1 aromatic carbocycles. The molecule has 4 fully saturated rings. The van der Waals surface area contributed by atoms with Crippen LogP contribution in [0.1, 0.15) is 60.1 Å². The summed E-state index contributed by atoms with van der Waals surface area (Å²) in [4.78, 5) is 33.7. The van der Waals surface area contributed by atoms with Crippen LogP contribution < -0.4 is 0 Å². The minimum atomic E-state index is -0.372. The number of rotatable bonds is 4. The highest BCUT2D eigenvalue weighted by atomic mass is 16.5. The summed E-state index contributed by atoms with van der Waals surface area (Å²) in [5.74, 6) is 1.90. The third-order valence-electron chi connectivity index (χ3n) is 8.41. The van der Waals surface area contributed by atoms with Gasteiger partial charge in [0, 0.05) is 41.6 Å². The minimum Gasteiger partial charge on any atom is -0.454 e. The second-order valence-electron chi connectivity index (χ2n) is 10.6. The number of aromatic nitrogens is 1. The Morgan fingerprint density at radius 1 is 1.10 bits per heavy atom. The van der Waals surface area contributed by atoms with Crippen LogP contribution in [-0.4, -0.2) is 41.8 Å². The predicted molar refractivity (Wildman–Crippen MR) is 118 cm³/mol. The summed E-state index contributed by atoms with van der Waals surface area (Å²) in [5.41, 5.74) is 3.14. The summed E-state index contributed by atoms with van der Waals surface area (Å²) < 4.78 is 5.75. The summed E-state index contributed by atoms with van der Waals surface area (Å²) in [6.45, 7) is 1.52. The van der Waals surface area contributed by atoms with Gasteiger partial charge in [-0.1, -0.05) is 18.2 Å². The molecule has 5 nitrogen and oxygen atoms in total. The van der Waals surface area contributed by atoms with E-state index in [1.807, 2.05) is 24.3 Å².